The summed E-state index contributed by atoms with van der Waals surface area (Å²) in [4.78, 5) is 54.3. The largest absolute Gasteiger partial charge is 0.462 e. The summed E-state index contributed by atoms with van der Waals surface area (Å²) in [5.74, 6) is -0.777. The first-order valence-corrected chi connectivity index (χ1v) is 20.5. The first-order valence-electron chi connectivity index (χ1n) is 16.2. The molecule has 4 aromatic rings. The topological polar surface area (TPSA) is 112 Å². The lowest BCUT2D eigenvalue weighted by Crippen LogP contribution is -2.14. The molecule has 0 radical (unpaired) electrons. The standard InChI is InChI=1S/C40H29I4NO8/c1-45(2)24-16-14-23(15-17-24)38(47)50-18-8-9-19-51-40(49)26-13-7-6-12-25(26)31-27-20-29(41)34(46)32(43)35(27)52-36-28(31)21-30(42)37(33(36)44)53-39(48)22-10-4-3-5-11-22/h3-7,10-17,20-21H,8-9,18-19H2,1-2H3. The number of benzene rings is 5. The number of nitrogens with zero attached hydrogens (tertiary/aromatic N) is 1. The lowest BCUT2D eigenvalue weighted by atomic mass is 9.91. The van der Waals surface area contributed by atoms with Crippen LogP contribution >= 0.6 is 90.4 Å². The Balaban J connectivity index is 1.27. The first kappa shape index (κ1) is 39.4. The summed E-state index contributed by atoms with van der Waals surface area (Å²) in [6.07, 6.45) is 0.995. The van der Waals surface area contributed by atoms with Gasteiger partial charge in [0.15, 0.2) is 17.1 Å². The molecule has 0 atom stereocenters. The molecule has 2 aliphatic rings. The van der Waals surface area contributed by atoms with Gasteiger partial charge in [0.25, 0.3) is 0 Å². The SMILES string of the molecule is CN(C)c1ccc(C(=O)OCCCCOC(=O)c2ccccc2-c2c3cc(I)c(=O)c(I)c-3oc3c(I)c(OC(=O)c4ccccc4)c(I)cc23)cc1. The predicted molar refractivity (Wildman–Crippen MR) is 237 cm³/mol. The van der Waals surface area contributed by atoms with Crippen molar-refractivity contribution in [3.8, 4) is 28.2 Å². The maximum absolute atomic E-state index is 13.7. The van der Waals surface area contributed by atoms with E-state index in [-0.39, 0.29) is 18.6 Å². The minimum absolute atomic E-state index is 0.120. The van der Waals surface area contributed by atoms with Crippen LogP contribution in [0.1, 0.15) is 43.9 Å². The van der Waals surface area contributed by atoms with Gasteiger partial charge in [-0.25, -0.2) is 14.4 Å². The van der Waals surface area contributed by atoms with Crippen molar-refractivity contribution in [3.05, 3.63) is 132 Å². The van der Waals surface area contributed by atoms with Crippen LogP contribution in [-0.4, -0.2) is 45.2 Å². The van der Waals surface area contributed by atoms with E-state index in [1.54, 1.807) is 54.6 Å². The van der Waals surface area contributed by atoms with Crippen LogP contribution in [-0.2, 0) is 9.47 Å². The molecule has 1 heterocycles. The molecule has 4 aromatic carbocycles. The second kappa shape index (κ2) is 17.4. The van der Waals surface area contributed by atoms with Gasteiger partial charge < -0.3 is 23.5 Å². The van der Waals surface area contributed by atoms with Gasteiger partial charge in [-0.3, -0.25) is 4.79 Å². The van der Waals surface area contributed by atoms with Crippen molar-refractivity contribution in [2.75, 3.05) is 32.2 Å². The van der Waals surface area contributed by atoms with E-state index in [4.69, 9.17) is 18.6 Å². The smallest absolute Gasteiger partial charge is 0.343 e. The van der Waals surface area contributed by atoms with Gasteiger partial charge >= 0.3 is 17.9 Å². The summed E-state index contributed by atoms with van der Waals surface area (Å²) in [7, 11) is 3.86. The number of anilines is 1. The fourth-order valence-electron chi connectivity index (χ4n) is 5.57. The highest BCUT2D eigenvalue weighted by molar-refractivity contribution is 14.1. The highest BCUT2D eigenvalue weighted by Crippen LogP contribution is 2.47. The van der Waals surface area contributed by atoms with Gasteiger partial charge in [0.05, 0.1) is 37.0 Å². The molecule has 0 bridgehead atoms. The van der Waals surface area contributed by atoms with Crippen molar-refractivity contribution in [1.29, 1.82) is 0 Å². The molecular formula is C40H29I4NO8. The maximum Gasteiger partial charge on any atom is 0.343 e. The molecule has 0 saturated carbocycles. The lowest BCUT2D eigenvalue weighted by molar-refractivity contribution is 0.0433. The molecule has 270 valence electrons. The van der Waals surface area contributed by atoms with Crippen LogP contribution in [0.3, 0.4) is 0 Å². The number of carbonyl (C=O) groups excluding carboxylic acids is 3. The van der Waals surface area contributed by atoms with Crippen LogP contribution in [0.2, 0.25) is 0 Å². The number of hydrogen-bond donors (Lipinski definition) is 0. The summed E-state index contributed by atoms with van der Waals surface area (Å²) in [6, 6.07) is 26.6. The quantitative estimate of drug-likeness (QED) is 0.0412. The fraction of sp³-hybridized carbons (Fsp3) is 0.150. The van der Waals surface area contributed by atoms with E-state index >= 15 is 0 Å². The van der Waals surface area contributed by atoms with E-state index in [0.717, 1.165) is 5.69 Å². The normalized spacial score (nSPS) is 11.1. The van der Waals surface area contributed by atoms with E-state index in [1.165, 1.54) is 0 Å². The average Bonchev–Trinajstić information content (AvgIpc) is 3.16. The third-order valence-corrected chi connectivity index (χ3v) is 11.8. The summed E-state index contributed by atoms with van der Waals surface area (Å²) in [5, 5.41) is 0.662. The van der Waals surface area contributed by atoms with Crippen LogP contribution in [0.5, 0.6) is 5.75 Å². The van der Waals surface area contributed by atoms with E-state index < -0.39 is 17.9 Å². The minimum Gasteiger partial charge on any atom is -0.462 e. The number of halogens is 4. The van der Waals surface area contributed by atoms with Gasteiger partial charge in [-0.05, 0) is 163 Å². The van der Waals surface area contributed by atoms with Crippen molar-refractivity contribution >= 4 is 125 Å². The zero-order chi connectivity index (χ0) is 37.8. The van der Waals surface area contributed by atoms with Crippen LogP contribution in [0.25, 0.3) is 33.4 Å². The third-order valence-electron chi connectivity index (χ3n) is 8.25. The van der Waals surface area contributed by atoms with Crippen molar-refractivity contribution in [3.63, 3.8) is 0 Å². The third kappa shape index (κ3) is 8.67. The number of hydrogen-bond acceptors (Lipinski definition) is 9. The Hall–Kier alpha value is -3.30. The summed E-state index contributed by atoms with van der Waals surface area (Å²) in [5.41, 5.74) is 4.30. The van der Waals surface area contributed by atoms with E-state index in [1.807, 2.05) is 101 Å². The molecule has 0 saturated heterocycles. The molecule has 13 heteroatoms. The van der Waals surface area contributed by atoms with E-state index in [2.05, 4.69) is 45.2 Å². The Morgan fingerprint density at radius 1 is 0.679 bits per heavy atom. The molecule has 0 N–H and O–H groups in total. The van der Waals surface area contributed by atoms with Crippen LogP contribution in [0.4, 0.5) is 5.69 Å². The fourth-order valence-corrected chi connectivity index (χ4v) is 9.36. The molecule has 53 heavy (non-hydrogen) atoms. The highest BCUT2D eigenvalue weighted by Gasteiger charge is 2.28. The molecule has 9 nitrogen and oxygen atoms in total. The summed E-state index contributed by atoms with van der Waals surface area (Å²) >= 11 is 8.22. The Labute approximate surface area is 359 Å². The predicted octanol–water partition coefficient (Wildman–Crippen LogP) is 10.1. The van der Waals surface area contributed by atoms with Gasteiger partial charge in [0.2, 0.25) is 5.43 Å². The van der Waals surface area contributed by atoms with Gasteiger partial charge in [-0.15, -0.1) is 0 Å². The van der Waals surface area contributed by atoms with Crippen molar-refractivity contribution in [1.82, 2.24) is 0 Å². The van der Waals surface area contributed by atoms with Crippen LogP contribution < -0.4 is 15.1 Å². The Kier molecular flexibility index (Phi) is 13.0. The Morgan fingerprint density at radius 3 is 1.98 bits per heavy atom. The lowest BCUT2D eigenvalue weighted by Gasteiger charge is -2.20. The number of fused-ring (bicyclic) bond motifs is 2. The van der Waals surface area contributed by atoms with Crippen molar-refractivity contribution < 1.29 is 33.0 Å². The summed E-state index contributed by atoms with van der Waals surface area (Å²) < 4.78 is 25.6. The second-order valence-electron chi connectivity index (χ2n) is 12.0. The zero-order valence-corrected chi connectivity index (χ0v) is 36.8. The molecule has 1 aliphatic heterocycles. The number of esters is 3. The second-order valence-corrected chi connectivity index (χ2v) is 16.4. The Bertz CT molecular complexity index is 2380. The van der Waals surface area contributed by atoms with E-state index in [0.29, 0.717) is 83.0 Å². The zero-order valence-electron chi connectivity index (χ0n) is 28.2. The molecule has 0 spiro atoms. The Morgan fingerprint density at radius 2 is 1.30 bits per heavy atom. The van der Waals surface area contributed by atoms with Gasteiger partial charge in [-0.1, -0.05) is 36.4 Å². The number of carbonyl (C=O) groups is 3. The van der Waals surface area contributed by atoms with Gasteiger partial charge in [0, 0.05) is 36.3 Å². The first-order chi connectivity index (χ1) is 25.5. The van der Waals surface area contributed by atoms with Crippen molar-refractivity contribution in [2.24, 2.45) is 0 Å². The van der Waals surface area contributed by atoms with Crippen LogP contribution in [0, 0.1) is 14.3 Å². The average molecular weight is 1160 g/mol. The summed E-state index contributed by atoms with van der Waals surface area (Å²) in [6.45, 7) is 0.307. The molecule has 6 rings (SSSR count). The highest BCUT2D eigenvalue weighted by atomic mass is 127. The van der Waals surface area contributed by atoms with E-state index in [9.17, 15) is 19.2 Å². The number of unbranched alkanes of at least 4 members (excludes halogenated alkanes) is 1. The molecule has 0 aromatic heterocycles. The number of rotatable bonds is 11. The molecule has 1 aliphatic carbocycles. The molecule has 0 unspecified atom stereocenters. The molecule has 0 amide bonds. The van der Waals surface area contributed by atoms with Gasteiger partial charge in [0.1, 0.15) is 7.14 Å². The maximum atomic E-state index is 13.7. The van der Waals surface area contributed by atoms with Gasteiger partial charge in [-0.2, -0.15) is 0 Å². The monoisotopic (exact) mass is 1160 g/mol. The molecule has 0 fully saturated rings. The van der Waals surface area contributed by atoms with Crippen molar-refractivity contribution in [2.45, 2.75) is 12.8 Å². The number of ether oxygens (including phenoxy) is 3. The molecular weight excluding hydrogens is 1130 g/mol. The minimum atomic E-state index is -0.525. The van der Waals surface area contributed by atoms with Crippen LogP contribution in [0.15, 0.2) is 100 Å².